The lowest BCUT2D eigenvalue weighted by atomic mass is 10.4. The molecule has 0 aromatic heterocycles. The van der Waals surface area contributed by atoms with E-state index in [1.807, 2.05) is 0 Å². The van der Waals surface area contributed by atoms with Crippen molar-refractivity contribution in [2.24, 2.45) is 21.5 Å². The average Bonchev–Trinajstić information content (AvgIpc) is 2.24. The van der Waals surface area contributed by atoms with E-state index in [-0.39, 0.29) is 6.61 Å². The van der Waals surface area contributed by atoms with Gasteiger partial charge in [-0.3, -0.25) is 4.99 Å². The first kappa shape index (κ1) is 13.2. The van der Waals surface area contributed by atoms with Gasteiger partial charge >= 0.3 is 0 Å². The number of rotatable bonds is 4. The van der Waals surface area contributed by atoms with Crippen molar-refractivity contribution in [1.29, 1.82) is 0 Å². The Morgan fingerprint density at radius 2 is 2.27 bits per heavy atom. The highest BCUT2D eigenvalue weighted by atomic mass is 16.3. The molecule has 0 atom stereocenters. The zero-order chi connectivity index (χ0) is 11.7. The Morgan fingerprint density at radius 1 is 1.60 bits per heavy atom. The fraction of sp³-hybridized carbons (Fsp3) is 0.333. The first-order chi connectivity index (χ1) is 7.15. The number of nitrogens with one attached hydrogen (secondary N) is 1. The number of aliphatic hydroxyl groups is 1. The summed E-state index contributed by atoms with van der Waals surface area (Å²) in [6, 6.07) is 0. The van der Waals surface area contributed by atoms with Crippen LogP contribution in [0.1, 0.15) is 6.92 Å². The minimum Gasteiger partial charge on any atom is -0.403 e. The quantitative estimate of drug-likeness (QED) is 0.363. The maximum Gasteiger partial charge on any atom is 0.155 e. The lowest BCUT2D eigenvalue weighted by molar-refractivity contribution is 0.307. The van der Waals surface area contributed by atoms with Crippen LogP contribution in [0, 0.1) is 0 Å². The Morgan fingerprint density at radius 3 is 2.73 bits per heavy atom. The maximum absolute atomic E-state index is 8.57. The largest absolute Gasteiger partial charge is 0.403 e. The van der Waals surface area contributed by atoms with Crippen molar-refractivity contribution in [3.8, 4) is 0 Å². The molecular formula is C9H17N5O. The van der Waals surface area contributed by atoms with Crippen molar-refractivity contribution in [1.82, 2.24) is 5.32 Å². The van der Waals surface area contributed by atoms with Crippen LogP contribution in [0.2, 0.25) is 0 Å². The predicted octanol–water partition coefficient (Wildman–Crippen LogP) is -0.712. The number of hydrogen-bond donors (Lipinski definition) is 4. The molecular weight excluding hydrogens is 194 g/mol. The van der Waals surface area contributed by atoms with E-state index in [1.165, 1.54) is 12.4 Å². The van der Waals surface area contributed by atoms with Crippen LogP contribution in [-0.2, 0) is 0 Å². The maximum atomic E-state index is 8.57. The molecule has 6 nitrogen and oxygen atoms in total. The molecule has 0 saturated carbocycles. The number of nitrogens with zero attached hydrogens (tertiary/aromatic N) is 2. The van der Waals surface area contributed by atoms with Crippen LogP contribution in [0.3, 0.4) is 0 Å². The number of aliphatic imine (C=N–C) groups is 2. The van der Waals surface area contributed by atoms with Gasteiger partial charge in [0.15, 0.2) is 5.84 Å². The van der Waals surface area contributed by atoms with Gasteiger partial charge in [0.1, 0.15) is 0 Å². The second-order valence-corrected chi connectivity index (χ2v) is 2.60. The van der Waals surface area contributed by atoms with Crippen molar-refractivity contribution in [3.05, 3.63) is 24.7 Å². The highest BCUT2D eigenvalue weighted by Gasteiger charge is 2.02. The molecule has 0 rings (SSSR count). The van der Waals surface area contributed by atoms with E-state index in [0.29, 0.717) is 23.9 Å². The van der Waals surface area contributed by atoms with E-state index in [1.54, 1.807) is 6.92 Å². The fourth-order valence-corrected chi connectivity index (χ4v) is 0.778. The monoisotopic (exact) mass is 211 g/mol. The second-order valence-electron chi connectivity index (χ2n) is 2.60. The molecule has 0 heterocycles. The Hall–Kier alpha value is -1.82. The molecule has 0 bridgehead atoms. The molecule has 0 spiro atoms. The van der Waals surface area contributed by atoms with Gasteiger partial charge in [0.05, 0.1) is 24.7 Å². The Kier molecular flexibility index (Phi) is 6.65. The van der Waals surface area contributed by atoms with Crippen LogP contribution in [-0.4, -0.2) is 29.9 Å². The minimum atomic E-state index is -0.00480. The summed E-state index contributed by atoms with van der Waals surface area (Å²) >= 11 is 0. The molecule has 0 aliphatic heterocycles. The minimum absolute atomic E-state index is 0.00480. The van der Waals surface area contributed by atoms with Crippen LogP contribution in [0.5, 0.6) is 0 Å². The third kappa shape index (κ3) is 5.48. The Bertz CT molecular complexity index is 293. The zero-order valence-corrected chi connectivity index (χ0v) is 8.77. The molecule has 84 valence electrons. The lowest BCUT2D eigenvalue weighted by Gasteiger charge is -2.08. The summed E-state index contributed by atoms with van der Waals surface area (Å²) in [4.78, 5) is 7.89. The average molecular weight is 211 g/mol. The smallest absolute Gasteiger partial charge is 0.155 e. The van der Waals surface area contributed by atoms with Crippen LogP contribution >= 0.6 is 0 Å². The normalized spacial score (nSPS) is 13.9. The summed E-state index contributed by atoms with van der Waals surface area (Å²) in [7, 11) is 0. The van der Waals surface area contributed by atoms with Crippen LogP contribution < -0.4 is 16.8 Å². The van der Waals surface area contributed by atoms with Gasteiger partial charge in [-0.05, 0) is 6.92 Å². The van der Waals surface area contributed by atoms with Crippen LogP contribution in [0.4, 0.5) is 0 Å². The molecule has 0 saturated heterocycles. The van der Waals surface area contributed by atoms with E-state index in [9.17, 15) is 0 Å². The molecule has 0 aliphatic carbocycles. The number of nitrogens with two attached hydrogens (primary N) is 2. The lowest BCUT2D eigenvalue weighted by Crippen LogP contribution is -2.33. The molecule has 0 aromatic carbocycles. The van der Waals surface area contributed by atoms with Gasteiger partial charge in [0.2, 0.25) is 0 Å². The van der Waals surface area contributed by atoms with Crippen molar-refractivity contribution >= 4 is 11.7 Å². The van der Waals surface area contributed by atoms with Gasteiger partial charge in [-0.2, -0.15) is 0 Å². The van der Waals surface area contributed by atoms with E-state index >= 15 is 0 Å². The fourth-order valence-electron chi connectivity index (χ4n) is 0.778. The topological polar surface area (TPSA) is 109 Å². The highest BCUT2D eigenvalue weighted by Crippen LogP contribution is 1.87. The van der Waals surface area contributed by atoms with E-state index < -0.39 is 0 Å². The Labute approximate surface area is 89.1 Å². The summed E-state index contributed by atoms with van der Waals surface area (Å²) in [5, 5.41) is 11.4. The summed E-state index contributed by atoms with van der Waals surface area (Å²) in [6.07, 6.45) is 2.58. The predicted molar refractivity (Wildman–Crippen MR) is 62.3 cm³/mol. The van der Waals surface area contributed by atoms with Gasteiger partial charge < -0.3 is 21.9 Å². The van der Waals surface area contributed by atoms with Gasteiger partial charge in [-0.1, -0.05) is 6.58 Å². The SMILES string of the molecule is C=CN=C(NC(C)=NCCO)C(N)=CN. The van der Waals surface area contributed by atoms with Gasteiger partial charge in [-0.25, -0.2) is 4.99 Å². The molecule has 0 fully saturated rings. The molecule has 15 heavy (non-hydrogen) atoms. The standard InChI is InChI=1S/C9H17N5O/c1-3-12-9(8(11)6-10)14-7(2)13-4-5-15/h3,6,15H,1,4-5,10-11H2,2H3,(H,12,13,14). The van der Waals surface area contributed by atoms with Crippen LogP contribution in [0.25, 0.3) is 0 Å². The molecule has 6 N–H and O–H groups in total. The molecule has 0 aliphatic rings. The molecule has 0 unspecified atom stereocenters. The molecule has 6 heteroatoms. The molecule has 0 aromatic rings. The second kappa shape index (κ2) is 7.57. The molecule has 0 radical (unpaired) electrons. The first-order valence-corrected chi connectivity index (χ1v) is 4.41. The van der Waals surface area contributed by atoms with Crippen molar-refractivity contribution < 1.29 is 5.11 Å². The zero-order valence-electron chi connectivity index (χ0n) is 8.77. The third-order valence-electron chi connectivity index (χ3n) is 1.42. The summed E-state index contributed by atoms with van der Waals surface area (Å²) < 4.78 is 0. The summed E-state index contributed by atoms with van der Waals surface area (Å²) in [5.74, 6) is 0.973. The van der Waals surface area contributed by atoms with Gasteiger partial charge in [0.25, 0.3) is 0 Å². The van der Waals surface area contributed by atoms with E-state index in [0.717, 1.165) is 0 Å². The number of hydrogen-bond acceptors (Lipinski definition) is 5. The summed E-state index contributed by atoms with van der Waals surface area (Å²) in [5.41, 5.74) is 11.1. The third-order valence-corrected chi connectivity index (χ3v) is 1.42. The van der Waals surface area contributed by atoms with Gasteiger partial charge in [0, 0.05) is 12.4 Å². The van der Waals surface area contributed by atoms with Gasteiger partial charge in [-0.15, -0.1) is 0 Å². The highest BCUT2D eigenvalue weighted by molar-refractivity contribution is 6.08. The number of aliphatic hydroxyl groups excluding tert-OH is 1. The first-order valence-electron chi connectivity index (χ1n) is 4.41. The summed E-state index contributed by atoms with van der Waals surface area (Å²) in [6.45, 7) is 5.51. The van der Waals surface area contributed by atoms with Crippen molar-refractivity contribution in [2.75, 3.05) is 13.2 Å². The van der Waals surface area contributed by atoms with Crippen molar-refractivity contribution in [2.45, 2.75) is 6.92 Å². The van der Waals surface area contributed by atoms with Crippen LogP contribution in [0.15, 0.2) is 34.7 Å². The van der Waals surface area contributed by atoms with Crippen molar-refractivity contribution in [3.63, 3.8) is 0 Å². The van der Waals surface area contributed by atoms with E-state index in [2.05, 4.69) is 21.9 Å². The Balaban J connectivity index is 4.56. The van der Waals surface area contributed by atoms with E-state index in [4.69, 9.17) is 16.6 Å². The molecule has 0 amide bonds. The number of amidine groups is 2.